The first kappa shape index (κ1) is 27.3. The molecule has 0 bridgehead atoms. The molecule has 1 aromatic heterocycles. The number of benzene rings is 2. The van der Waals surface area contributed by atoms with Crippen LogP contribution in [0, 0.1) is 0 Å². The van der Waals surface area contributed by atoms with Gasteiger partial charge in [0.05, 0.1) is 29.7 Å². The molecule has 2 aliphatic rings. The number of pyridine rings is 1. The Morgan fingerprint density at radius 3 is 2.51 bits per heavy atom. The molecule has 0 radical (unpaired) electrons. The van der Waals surface area contributed by atoms with Crippen molar-refractivity contribution < 1.29 is 27.3 Å². The van der Waals surface area contributed by atoms with Crippen LogP contribution in [0.15, 0.2) is 71.6 Å². The number of aliphatic hydroxyl groups excluding tert-OH is 1. The van der Waals surface area contributed by atoms with Crippen molar-refractivity contribution in [3.05, 3.63) is 72.3 Å². The first-order chi connectivity index (χ1) is 18.9. The van der Waals surface area contributed by atoms with E-state index in [9.17, 15) is 18.3 Å². The molecule has 2 saturated heterocycles. The van der Waals surface area contributed by atoms with E-state index < -0.39 is 15.4 Å². The third kappa shape index (κ3) is 5.42. The SMILES string of the molecule is COc1ccc(C2(C(=O)Nc3cccc(-c4ccc(S(=O)(=O)N5CCC[C@@H]5CO)cc4)n3)CCNCC2)cc1.[HH].[HH].[HH]. The molecule has 9 nitrogen and oxygen atoms in total. The van der Waals surface area contributed by atoms with Crippen LogP contribution in [-0.4, -0.2) is 68.1 Å². The Morgan fingerprint density at radius 1 is 1.13 bits per heavy atom. The van der Waals surface area contributed by atoms with Crippen LogP contribution in [0.1, 0.15) is 35.5 Å². The highest BCUT2D eigenvalue weighted by Crippen LogP contribution is 2.36. The van der Waals surface area contributed by atoms with E-state index >= 15 is 0 Å². The van der Waals surface area contributed by atoms with Gasteiger partial charge in [-0.3, -0.25) is 4.79 Å². The number of carbonyl (C=O) groups excluding carboxylic acids is 1. The number of amides is 1. The number of aromatic nitrogens is 1. The third-order valence-corrected chi connectivity index (χ3v) is 9.78. The molecule has 0 unspecified atom stereocenters. The zero-order chi connectivity index (χ0) is 27.5. The van der Waals surface area contributed by atoms with Gasteiger partial charge in [0.25, 0.3) is 0 Å². The van der Waals surface area contributed by atoms with Gasteiger partial charge in [0.1, 0.15) is 11.6 Å². The second kappa shape index (κ2) is 11.4. The Balaban J connectivity index is 0.00000205. The summed E-state index contributed by atoms with van der Waals surface area (Å²) in [6, 6.07) is 19.3. The average Bonchev–Trinajstić information content (AvgIpc) is 3.48. The molecule has 3 aromatic rings. The fourth-order valence-electron chi connectivity index (χ4n) is 5.55. The number of piperidine rings is 1. The molecule has 0 saturated carbocycles. The maximum atomic E-state index is 13.7. The number of nitrogens with one attached hydrogen (secondary N) is 2. The Labute approximate surface area is 233 Å². The summed E-state index contributed by atoms with van der Waals surface area (Å²) in [5, 5.41) is 15.9. The number of sulfonamides is 1. The first-order valence-corrected chi connectivity index (χ1v) is 14.7. The number of ether oxygens (including phenoxy) is 1. The molecule has 2 fully saturated rings. The number of aliphatic hydroxyl groups is 1. The van der Waals surface area contributed by atoms with Crippen LogP contribution >= 0.6 is 0 Å². The Morgan fingerprint density at radius 2 is 1.85 bits per heavy atom. The second-order valence-electron chi connectivity index (χ2n) is 10.0. The van der Waals surface area contributed by atoms with Crippen LogP contribution in [0.4, 0.5) is 5.82 Å². The molecule has 1 atom stereocenters. The number of hydrogen-bond donors (Lipinski definition) is 3. The third-order valence-electron chi connectivity index (χ3n) is 7.82. The number of carbonyl (C=O) groups is 1. The van der Waals surface area contributed by atoms with Crippen LogP contribution in [0.2, 0.25) is 0 Å². The first-order valence-electron chi connectivity index (χ1n) is 13.2. The minimum atomic E-state index is -3.69. The summed E-state index contributed by atoms with van der Waals surface area (Å²) in [5.74, 6) is 1.07. The summed E-state index contributed by atoms with van der Waals surface area (Å²) in [6.07, 6.45) is 2.72. The fourth-order valence-corrected chi connectivity index (χ4v) is 7.24. The molecular weight excluding hydrogens is 516 g/mol. The lowest BCUT2D eigenvalue weighted by Gasteiger charge is -2.36. The number of anilines is 1. The van der Waals surface area contributed by atoms with Crippen LogP contribution in [-0.2, 0) is 20.2 Å². The summed E-state index contributed by atoms with van der Waals surface area (Å²) in [6.45, 7) is 1.69. The highest BCUT2D eigenvalue weighted by molar-refractivity contribution is 7.89. The van der Waals surface area contributed by atoms with Gasteiger partial charge in [-0.1, -0.05) is 30.3 Å². The van der Waals surface area contributed by atoms with Gasteiger partial charge in [-0.15, -0.1) is 0 Å². The van der Waals surface area contributed by atoms with E-state index in [0.717, 1.165) is 36.4 Å². The molecule has 39 heavy (non-hydrogen) atoms. The zero-order valence-corrected chi connectivity index (χ0v) is 22.8. The van der Waals surface area contributed by atoms with E-state index in [2.05, 4.69) is 15.6 Å². The molecule has 2 aliphatic heterocycles. The molecular formula is C29H40N4O5S. The summed E-state index contributed by atoms with van der Waals surface area (Å²) >= 11 is 0. The lowest BCUT2D eigenvalue weighted by molar-refractivity contribution is -0.122. The maximum absolute atomic E-state index is 13.7. The number of nitrogens with zero attached hydrogens (tertiary/aromatic N) is 2. The van der Waals surface area contributed by atoms with Crippen molar-refractivity contribution in [3.63, 3.8) is 0 Å². The smallest absolute Gasteiger partial charge is 0.243 e. The fraction of sp³-hybridized carbons (Fsp3) is 0.379. The van der Waals surface area contributed by atoms with Crippen molar-refractivity contribution in [1.82, 2.24) is 14.6 Å². The largest absolute Gasteiger partial charge is 0.497 e. The molecule has 0 aliphatic carbocycles. The van der Waals surface area contributed by atoms with E-state index in [4.69, 9.17) is 4.74 Å². The van der Waals surface area contributed by atoms with Gasteiger partial charge in [-0.2, -0.15) is 4.31 Å². The van der Waals surface area contributed by atoms with Gasteiger partial charge < -0.3 is 20.5 Å². The highest BCUT2D eigenvalue weighted by atomic mass is 32.2. The molecule has 212 valence electrons. The number of hydrogen-bond acceptors (Lipinski definition) is 7. The summed E-state index contributed by atoms with van der Waals surface area (Å²) in [7, 11) is -2.07. The van der Waals surface area contributed by atoms with Crippen molar-refractivity contribution >= 4 is 21.7 Å². The van der Waals surface area contributed by atoms with Gasteiger partial charge in [0.15, 0.2) is 0 Å². The Bertz CT molecular complexity index is 1420. The Kier molecular flexibility index (Phi) is 7.99. The van der Waals surface area contributed by atoms with Crippen LogP contribution in [0.3, 0.4) is 0 Å². The van der Waals surface area contributed by atoms with Gasteiger partial charge in [0, 0.05) is 22.4 Å². The molecule has 1 amide bonds. The maximum Gasteiger partial charge on any atom is 0.243 e. The van der Waals surface area contributed by atoms with Crippen molar-refractivity contribution in [3.8, 4) is 17.0 Å². The number of methoxy groups -OCH3 is 1. The Hall–Kier alpha value is -3.31. The van der Waals surface area contributed by atoms with Crippen LogP contribution < -0.4 is 15.4 Å². The van der Waals surface area contributed by atoms with Crippen molar-refractivity contribution in [2.24, 2.45) is 0 Å². The summed E-state index contributed by atoms with van der Waals surface area (Å²) < 4.78 is 32.9. The van der Waals surface area contributed by atoms with Crippen molar-refractivity contribution in [2.75, 3.05) is 38.7 Å². The lowest BCUT2D eigenvalue weighted by Crippen LogP contribution is -2.48. The molecule has 10 heteroatoms. The molecule has 3 heterocycles. The van der Waals surface area contributed by atoms with E-state index in [1.807, 2.05) is 36.4 Å². The van der Waals surface area contributed by atoms with Gasteiger partial charge >= 0.3 is 0 Å². The monoisotopic (exact) mass is 556 g/mol. The van der Waals surface area contributed by atoms with Crippen LogP contribution in [0.25, 0.3) is 11.3 Å². The minimum Gasteiger partial charge on any atom is -0.497 e. The summed E-state index contributed by atoms with van der Waals surface area (Å²) in [5.41, 5.74) is 1.61. The zero-order valence-electron chi connectivity index (χ0n) is 22.0. The van der Waals surface area contributed by atoms with E-state index in [0.29, 0.717) is 37.3 Å². The summed E-state index contributed by atoms with van der Waals surface area (Å²) in [4.78, 5) is 18.6. The minimum absolute atomic E-state index is 0. The van der Waals surface area contributed by atoms with E-state index in [-0.39, 0.29) is 27.7 Å². The number of rotatable bonds is 8. The normalized spacial score (nSPS) is 19.5. The lowest BCUT2D eigenvalue weighted by atomic mass is 9.72. The highest BCUT2D eigenvalue weighted by Gasteiger charge is 2.41. The molecule has 5 rings (SSSR count). The topological polar surface area (TPSA) is 121 Å². The van der Waals surface area contributed by atoms with Crippen molar-refractivity contribution in [2.45, 2.75) is 42.0 Å². The predicted octanol–water partition coefficient (Wildman–Crippen LogP) is 3.90. The predicted molar refractivity (Wildman–Crippen MR) is 155 cm³/mol. The van der Waals surface area contributed by atoms with E-state index in [1.165, 1.54) is 4.31 Å². The van der Waals surface area contributed by atoms with Gasteiger partial charge in [0.2, 0.25) is 15.9 Å². The van der Waals surface area contributed by atoms with E-state index in [1.54, 1.807) is 37.4 Å². The molecule has 0 spiro atoms. The van der Waals surface area contributed by atoms with Crippen molar-refractivity contribution in [1.29, 1.82) is 0 Å². The quantitative estimate of drug-likeness (QED) is 0.385. The van der Waals surface area contributed by atoms with Crippen LogP contribution in [0.5, 0.6) is 5.75 Å². The standard InChI is InChI=1S/C29H34N4O5S.3H2/c1-38-24-11-9-22(10-12-24)29(15-17-30-18-16-29)28(35)32-27-6-2-5-26(31-27)21-7-13-25(14-8-21)39(36,37)33-19-3-4-23(33)20-34;;;/h2,5-14,23,30,34H,3-4,15-20H2,1H3,(H,31,32,35);3*1H/t23-;;;/m1.../s1. The second-order valence-corrected chi connectivity index (χ2v) is 11.9. The molecule has 3 N–H and O–H groups in total. The molecule has 2 aromatic carbocycles. The van der Waals surface area contributed by atoms with Gasteiger partial charge in [-0.05, 0) is 80.7 Å². The average molecular weight is 557 g/mol. The van der Waals surface area contributed by atoms with Gasteiger partial charge in [-0.25, -0.2) is 13.4 Å².